The second-order valence-corrected chi connectivity index (χ2v) is 3.40. The predicted molar refractivity (Wildman–Crippen MR) is 46.0 cm³/mol. The van der Waals surface area contributed by atoms with Crippen LogP contribution in [0.25, 0.3) is 0 Å². The third kappa shape index (κ3) is 1.43. The van der Waals surface area contributed by atoms with Gasteiger partial charge in [-0.3, -0.25) is 4.99 Å². The first-order valence-corrected chi connectivity index (χ1v) is 4.08. The Kier molecular flexibility index (Phi) is 2.37. The standard InChI is InChI=1S/C8H15FN2O/c1-5-4-12-8(3,6(2)9)7(10)11-5/h5-6H,4H2,1-3H3,(H2,10,11)/t5-,6?,8-/m0/s1. The second-order valence-electron chi connectivity index (χ2n) is 3.40. The second kappa shape index (κ2) is 3.01. The first kappa shape index (κ1) is 9.45. The Morgan fingerprint density at radius 3 is 2.83 bits per heavy atom. The number of hydrogen-bond acceptors (Lipinski definition) is 3. The summed E-state index contributed by atoms with van der Waals surface area (Å²) in [5.74, 6) is 0.260. The molecule has 12 heavy (non-hydrogen) atoms. The molecule has 0 amide bonds. The monoisotopic (exact) mass is 174 g/mol. The summed E-state index contributed by atoms with van der Waals surface area (Å²) in [5.41, 5.74) is 4.57. The normalized spacial score (nSPS) is 39.0. The van der Waals surface area contributed by atoms with E-state index >= 15 is 0 Å². The van der Waals surface area contributed by atoms with E-state index in [9.17, 15) is 4.39 Å². The van der Waals surface area contributed by atoms with Gasteiger partial charge in [-0.05, 0) is 20.8 Å². The van der Waals surface area contributed by atoms with Crippen LogP contribution in [0.1, 0.15) is 20.8 Å². The molecule has 2 N–H and O–H groups in total. The summed E-state index contributed by atoms with van der Waals surface area (Å²) in [6.45, 7) is 5.38. The van der Waals surface area contributed by atoms with Gasteiger partial charge in [-0.15, -0.1) is 0 Å². The molecule has 0 spiro atoms. The van der Waals surface area contributed by atoms with Crippen LogP contribution in [0, 0.1) is 0 Å². The molecule has 0 saturated carbocycles. The SMILES string of the molecule is CC(F)[C@]1(C)OC[C@H](C)N=C1N. The minimum atomic E-state index is -1.13. The van der Waals surface area contributed by atoms with Crippen LogP contribution >= 0.6 is 0 Å². The molecular weight excluding hydrogens is 159 g/mol. The molecule has 0 aliphatic carbocycles. The highest BCUT2D eigenvalue weighted by atomic mass is 19.1. The molecule has 4 heteroatoms. The number of nitrogens with two attached hydrogens (primary N) is 1. The van der Waals surface area contributed by atoms with E-state index in [-0.39, 0.29) is 11.9 Å². The zero-order valence-corrected chi connectivity index (χ0v) is 7.67. The first-order valence-electron chi connectivity index (χ1n) is 4.08. The summed E-state index contributed by atoms with van der Waals surface area (Å²) >= 11 is 0. The molecule has 1 aliphatic rings. The third-order valence-corrected chi connectivity index (χ3v) is 2.25. The minimum absolute atomic E-state index is 0.0387. The van der Waals surface area contributed by atoms with Gasteiger partial charge in [0.15, 0.2) is 5.60 Å². The van der Waals surface area contributed by atoms with E-state index in [4.69, 9.17) is 10.5 Å². The summed E-state index contributed by atoms with van der Waals surface area (Å²) in [7, 11) is 0. The van der Waals surface area contributed by atoms with E-state index < -0.39 is 11.8 Å². The summed E-state index contributed by atoms with van der Waals surface area (Å²) in [4.78, 5) is 4.09. The quantitative estimate of drug-likeness (QED) is 0.641. The number of rotatable bonds is 1. The van der Waals surface area contributed by atoms with Gasteiger partial charge >= 0.3 is 0 Å². The molecule has 1 aliphatic heterocycles. The van der Waals surface area contributed by atoms with Gasteiger partial charge in [0.1, 0.15) is 12.0 Å². The van der Waals surface area contributed by atoms with Crippen LogP contribution < -0.4 is 5.73 Å². The van der Waals surface area contributed by atoms with Crippen molar-refractivity contribution >= 4 is 5.84 Å². The lowest BCUT2D eigenvalue weighted by atomic mass is 9.98. The van der Waals surface area contributed by atoms with Crippen molar-refractivity contribution < 1.29 is 9.13 Å². The van der Waals surface area contributed by atoms with E-state index in [2.05, 4.69) is 4.99 Å². The topological polar surface area (TPSA) is 47.6 Å². The van der Waals surface area contributed by atoms with Crippen molar-refractivity contribution in [3.8, 4) is 0 Å². The predicted octanol–water partition coefficient (Wildman–Crippen LogP) is 0.879. The molecule has 70 valence electrons. The van der Waals surface area contributed by atoms with Crippen molar-refractivity contribution in [1.29, 1.82) is 0 Å². The number of hydrogen-bond donors (Lipinski definition) is 1. The largest absolute Gasteiger partial charge is 0.385 e. The zero-order valence-electron chi connectivity index (χ0n) is 7.67. The summed E-state index contributed by atoms with van der Waals surface area (Å²) in [6.07, 6.45) is -1.13. The van der Waals surface area contributed by atoms with Crippen molar-refractivity contribution in [2.45, 2.75) is 38.6 Å². The van der Waals surface area contributed by atoms with Crippen molar-refractivity contribution in [3.63, 3.8) is 0 Å². The maximum atomic E-state index is 13.1. The van der Waals surface area contributed by atoms with Crippen LogP contribution in [0.15, 0.2) is 4.99 Å². The van der Waals surface area contributed by atoms with Crippen molar-refractivity contribution in [1.82, 2.24) is 0 Å². The number of aliphatic imine (C=N–C) groups is 1. The number of halogens is 1. The Hall–Kier alpha value is -0.640. The lowest BCUT2D eigenvalue weighted by molar-refractivity contribution is -0.0420. The molecule has 1 rings (SSSR count). The fraction of sp³-hybridized carbons (Fsp3) is 0.875. The number of nitrogens with zero attached hydrogens (tertiary/aromatic N) is 1. The fourth-order valence-electron chi connectivity index (χ4n) is 1.09. The highest BCUT2D eigenvalue weighted by Crippen LogP contribution is 2.23. The lowest BCUT2D eigenvalue weighted by Crippen LogP contribution is -2.54. The molecular formula is C8H15FN2O. The first-order chi connectivity index (χ1) is 5.47. The molecule has 0 aromatic carbocycles. The highest BCUT2D eigenvalue weighted by molar-refractivity contribution is 5.89. The summed E-state index contributed by atoms with van der Waals surface area (Å²) < 4.78 is 18.4. The van der Waals surface area contributed by atoms with Crippen LogP contribution in [0.4, 0.5) is 4.39 Å². The maximum Gasteiger partial charge on any atom is 0.152 e. The number of alkyl halides is 1. The Morgan fingerprint density at radius 2 is 2.42 bits per heavy atom. The Labute approximate surface area is 71.8 Å². The van der Waals surface area contributed by atoms with E-state index in [0.717, 1.165) is 0 Å². The molecule has 0 fully saturated rings. The lowest BCUT2D eigenvalue weighted by Gasteiger charge is -2.35. The molecule has 0 bridgehead atoms. The molecule has 0 saturated heterocycles. The van der Waals surface area contributed by atoms with Crippen LogP contribution in [0.3, 0.4) is 0 Å². The van der Waals surface area contributed by atoms with Crippen LogP contribution in [0.5, 0.6) is 0 Å². The molecule has 1 unspecified atom stereocenters. The van der Waals surface area contributed by atoms with Crippen molar-refractivity contribution in [2.24, 2.45) is 10.7 Å². The van der Waals surface area contributed by atoms with Gasteiger partial charge in [0, 0.05) is 0 Å². The van der Waals surface area contributed by atoms with Gasteiger partial charge in [-0.2, -0.15) is 0 Å². The minimum Gasteiger partial charge on any atom is -0.385 e. The van der Waals surface area contributed by atoms with Crippen molar-refractivity contribution in [3.05, 3.63) is 0 Å². The summed E-state index contributed by atoms with van der Waals surface area (Å²) in [6, 6.07) is 0.0387. The van der Waals surface area contributed by atoms with E-state index in [1.165, 1.54) is 6.92 Å². The average Bonchev–Trinajstić information content (AvgIpc) is 1.97. The van der Waals surface area contributed by atoms with Crippen molar-refractivity contribution in [2.75, 3.05) is 6.61 Å². The average molecular weight is 174 g/mol. The van der Waals surface area contributed by atoms with Gasteiger partial charge in [0.25, 0.3) is 0 Å². The Morgan fingerprint density at radius 1 is 1.83 bits per heavy atom. The van der Waals surface area contributed by atoms with Crippen LogP contribution in [0.2, 0.25) is 0 Å². The Balaban J connectivity index is 2.87. The van der Waals surface area contributed by atoms with Gasteiger partial charge in [-0.1, -0.05) is 0 Å². The zero-order chi connectivity index (χ0) is 9.35. The summed E-state index contributed by atoms with van der Waals surface area (Å²) in [5, 5.41) is 0. The van der Waals surface area contributed by atoms with Crippen LogP contribution in [-0.4, -0.2) is 30.3 Å². The van der Waals surface area contributed by atoms with Crippen LogP contribution in [-0.2, 0) is 4.74 Å². The van der Waals surface area contributed by atoms with E-state index in [0.29, 0.717) is 6.61 Å². The Bertz CT molecular complexity index is 205. The number of amidine groups is 1. The van der Waals surface area contributed by atoms with Gasteiger partial charge in [0.2, 0.25) is 0 Å². The van der Waals surface area contributed by atoms with Gasteiger partial charge in [0.05, 0.1) is 12.6 Å². The maximum absolute atomic E-state index is 13.1. The molecule has 3 atom stereocenters. The van der Waals surface area contributed by atoms with Gasteiger partial charge < -0.3 is 10.5 Å². The fourth-order valence-corrected chi connectivity index (χ4v) is 1.09. The van der Waals surface area contributed by atoms with Gasteiger partial charge in [-0.25, -0.2) is 4.39 Å². The smallest absolute Gasteiger partial charge is 0.152 e. The molecule has 1 heterocycles. The van der Waals surface area contributed by atoms with E-state index in [1.54, 1.807) is 6.92 Å². The molecule has 0 aromatic heterocycles. The highest BCUT2D eigenvalue weighted by Gasteiger charge is 2.39. The van der Waals surface area contributed by atoms with E-state index in [1.807, 2.05) is 6.92 Å². The molecule has 0 radical (unpaired) electrons. The number of ether oxygens (including phenoxy) is 1. The molecule has 3 nitrogen and oxygen atoms in total. The third-order valence-electron chi connectivity index (χ3n) is 2.25. The molecule has 0 aromatic rings.